The van der Waals surface area contributed by atoms with Crippen LogP contribution in [0.1, 0.15) is 11.1 Å². The minimum atomic E-state index is 0.511. The van der Waals surface area contributed by atoms with Crippen LogP contribution in [0.15, 0.2) is 53.1 Å². The van der Waals surface area contributed by atoms with Crippen molar-refractivity contribution in [3.8, 4) is 5.88 Å². The van der Waals surface area contributed by atoms with E-state index in [1.54, 1.807) is 6.20 Å². The van der Waals surface area contributed by atoms with E-state index in [-0.39, 0.29) is 0 Å². The molecule has 4 nitrogen and oxygen atoms in total. The van der Waals surface area contributed by atoms with Gasteiger partial charge < -0.3 is 10.1 Å². The summed E-state index contributed by atoms with van der Waals surface area (Å²) in [6.45, 7) is 5.98. The molecule has 1 aliphatic rings. The van der Waals surface area contributed by atoms with E-state index in [1.165, 1.54) is 11.1 Å². The van der Waals surface area contributed by atoms with Crippen LogP contribution in [0.5, 0.6) is 5.88 Å². The number of aromatic nitrogens is 1. The molecule has 2 heterocycles. The van der Waals surface area contributed by atoms with Crippen molar-refractivity contribution in [3.05, 3.63) is 64.3 Å². The predicted molar refractivity (Wildman–Crippen MR) is 101 cm³/mol. The molecule has 3 rings (SSSR count). The SMILES string of the molecule is Brc1ccc(OCC=Cc2ccc(CN3CCNCC3)cc2)nc1. The monoisotopic (exact) mass is 387 g/mol. The quantitative estimate of drug-likeness (QED) is 0.824. The van der Waals surface area contributed by atoms with Gasteiger partial charge in [-0.1, -0.05) is 30.3 Å². The second kappa shape index (κ2) is 8.97. The van der Waals surface area contributed by atoms with E-state index < -0.39 is 0 Å². The van der Waals surface area contributed by atoms with Gasteiger partial charge in [-0.25, -0.2) is 4.98 Å². The molecule has 5 heteroatoms. The summed E-state index contributed by atoms with van der Waals surface area (Å²) in [7, 11) is 0. The van der Waals surface area contributed by atoms with Gasteiger partial charge in [-0.3, -0.25) is 4.90 Å². The molecule has 0 amide bonds. The van der Waals surface area contributed by atoms with Crippen LogP contribution in [0, 0.1) is 0 Å². The third-order valence-electron chi connectivity index (χ3n) is 3.93. The molecule has 0 bridgehead atoms. The Bertz CT molecular complexity index is 649. The van der Waals surface area contributed by atoms with Crippen LogP contribution in [0.4, 0.5) is 0 Å². The van der Waals surface area contributed by atoms with Crippen LogP contribution in [-0.2, 0) is 6.54 Å². The number of halogens is 1. The van der Waals surface area contributed by atoms with E-state index in [9.17, 15) is 0 Å². The highest BCUT2D eigenvalue weighted by atomic mass is 79.9. The van der Waals surface area contributed by atoms with Gasteiger partial charge in [0.05, 0.1) is 0 Å². The normalized spacial score (nSPS) is 15.7. The molecule has 126 valence electrons. The fourth-order valence-corrected chi connectivity index (χ4v) is 2.86. The van der Waals surface area contributed by atoms with Gasteiger partial charge >= 0.3 is 0 Å². The molecule has 1 aliphatic heterocycles. The van der Waals surface area contributed by atoms with Crippen molar-refractivity contribution in [1.29, 1.82) is 0 Å². The van der Waals surface area contributed by atoms with Crippen molar-refractivity contribution in [2.24, 2.45) is 0 Å². The second-order valence-electron chi connectivity index (χ2n) is 5.80. The number of benzene rings is 1. The topological polar surface area (TPSA) is 37.4 Å². The number of ether oxygens (including phenoxy) is 1. The molecule has 0 saturated carbocycles. The third kappa shape index (κ3) is 5.44. The second-order valence-corrected chi connectivity index (χ2v) is 6.71. The minimum Gasteiger partial charge on any atom is -0.473 e. The zero-order valence-corrected chi connectivity index (χ0v) is 15.2. The van der Waals surface area contributed by atoms with Crippen LogP contribution < -0.4 is 10.1 Å². The Morgan fingerprint density at radius 1 is 1.12 bits per heavy atom. The minimum absolute atomic E-state index is 0.511. The van der Waals surface area contributed by atoms with E-state index in [1.807, 2.05) is 18.2 Å². The molecule has 0 radical (unpaired) electrons. The van der Waals surface area contributed by atoms with E-state index in [0.29, 0.717) is 12.5 Å². The molecule has 0 unspecified atom stereocenters. The number of hydrogen-bond acceptors (Lipinski definition) is 4. The molecule has 1 saturated heterocycles. The maximum Gasteiger partial charge on any atom is 0.213 e. The van der Waals surface area contributed by atoms with Crippen molar-refractivity contribution in [2.45, 2.75) is 6.54 Å². The first-order valence-corrected chi connectivity index (χ1v) is 9.02. The lowest BCUT2D eigenvalue weighted by molar-refractivity contribution is 0.233. The molecule has 0 aliphatic carbocycles. The van der Waals surface area contributed by atoms with Gasteiger partial charge in [0.1, 0.15) is 6.61 Å². The fourth-order valence-electron chi connectivity index (χ4n) is 2.63. The van der Waals surface area contributed by atoms with Crippen molar-refractivity contribution in [3.63, 3.8) is 0 Å². The van der Waals surface area contributed by atoms with Crippen molar-refractivity contribution < 1.29 is 4.74 Å². The van der Waals surface area contributed by atoms with E-state index >= 15 is 0 Å². The summed E-state index contributed by atoms with van der Waals surface area (Å²) in [5, 5.41) is 3.38. The summed E-state index contributed by atoms with van der Waals surface area (Å²) in [4.78, 5) is 6.66. The van der Waals surface area contributed by atoms with Gasteiger partial charge in [0.2, 0.25) is 5.88 Å². The fraction of sp³-hybridized carbons (Fsp3) is 0.316. The summed E-state index contributed by atoms with van der Waals surface area (Å²) >= 11 is 3.36. The van der Waals surface area contributed by atoms with Gasteiger partial charge in [0.15, 0.2) is 0 Å². The van der Waals surface area contributed by atoms with Crippen LogP contribution >= 0.6 is 15.9 Å². The smallest absolute Gasteiger partial charge is 0.213 e. The largest absolute Gasteiger partial charge is 0.473 e. The Hall–Kier alpha value is -1.69. The number of hydrogen-bond donors (Lipinski definition) is 1. The Labute approximate surface area is 151 Å². The maximum absolute atomic E-state index is 5.58. The standard InChI is InChI=1S/C19H22BrN3O/c20-18-7-8-19(22-14-18)24-13-1-2-16-3-5-17(6-4-16)15-23-11-9-21-10-12-23/h1-8,14,21H,9-13,15H2. The average molecular weight is 388 g/mol. The molecular formula is C19H22BrN3O. The maximum atomic E-state index is 5.58. The molecule has 2 aromatic rings. The zero-order chi connectivity index (χ0) is 16.6. The molecule has 0 spiro atoms. The number of nitrogens with one attached hydrogen (secondary N) is 1. The highest BCUT2D eigenvalue weighted by molar-refractivity contribution is 9.10. The Morgan fingerprint density at radius 3 is 2.62 bits per heavy atom. The molecule has 24 heavy (non-hydrogen) atoms. The van der Waals surface area contributed by atoms with E-state index in [0.717, 1.165) is 37.2 Å². The third-order valence-corrected chi connectivity index (χ3v) is 4.40. The lowest BCUT2D eigenvalue weighted by Gasteiger charge is -2.27. The number of nitrogens with zero attached hydrogens (tertiary/aromatic N) is 2. The summed E-state index contributed by atoms with van der Waals surface area (Å²) in [5.41, 5.74) is 2.55. The Morgan fingerprint density at radius 2 is 1.92 bits per heavy atom. The van der Waals surface area contributed by atoms with Crippen molar-refractivity contribution >= 4 is 22.0 Å². The van der Waals surface area contributed by atoms with Crippen LogP contribution in [-0.4, -0.2) is 42.7 Å². The summed E-state index contributed by atoms with van der Waals surface area (Å²) in [6, 6.07) is 12.5. The molecule has 1 aromatic carbocycles. The molecule has 1 N–H and O–H groups in total. The zero-order valence-electron chi connectivity index (χ0n) is 13.6. The molecular weight excluding hydrogens is 366 g/mol. The highest BCUT2D eigenvalue weighted by Gasteiger charge is 2.09. The van der Waals surface area contributed by atoms with Gasteiger partial charge in [0.25, 0.3) is 0 Å². The van der Waals surface area contributed by atoms with Crippen LogP contribution in [0.3, 0.4) is 0 Å². The number of rotatable bonds is 6. The number of piperazine rings is 1. The first kappa shape index (κ1) is 17.1. The summed E-state index contributed by atoms with van der Waals surface area (Å²) < 4.78 is 6.53. The van der Waals surface area contributed by atoms with Crippen LogP contribution in [0.2, 0.25) is 0 Å². The van der Waals surface area contributed by atoms with Crippen molar-refractivity contribution in [2.75, 3.05) is 32.8 Å². The first-order chi connectivity index (χ1) is 11.8. The summed E-state index contributed by atoms with van der Waals surface area (Å²) in [6.07, 6.45) is 5.82. The lowest BCUT2D eigenvalue weighted by atomic mass is 10.1. The summed E-state index contributed by atoms with van der Waals surface area (Å²) in [5.74, 6) is 0.634. The molecule has 1 fully saturated rings. The first-order valence-electron chi connectivity index (χ1n) is 8.22. The average Bonchev–Trinajstić information content (AvgIpc) is 2.62. The van der Waals surface area contributed by atoms with Crippen molar-refractivity contribution in [1.82, 2.24) is 15.2 Å². The lowest BCUT2D eigenvalue weighted by Crippen LogP contribution is -2.42. The molecule has 0 atom stereocenters. The molecule has 1 aromatic heterocycles. The van der Waals surface area contributed by atoms with Gasteiger partial charge in [-0.05, 0) is 39.2 Å². The van der Waals surface area contributed by atoms with Gasteiger partial charge in [-0.15, -0.1) is 0 Å². The highest BCUT2D eigenvalue weighted by Crippen LogP contribution is 2.13. The Kier molecular flexibility index (Phi) is 6.41. The predicted octanol–water partition coefficient (Wildman–Crippen LogP) is 3.34. The van der Waals surface area contributed by atoms with Gasteiger partial charge in [0, 0.05) is 49.5 Å². The van der Waals surface area contributed by atoms with E-state index in [2.05, 4.69) is 61.5 Å². The van der Waals surface area contributed by atoms with Crippen LogP contribution in [0.25, 0.3) is 6.08 Å². The van der Waals surface area contributed by atoms with Gasteiger partial charge in [-0.2, -0.15) is 0 Å². The Balaban J connectivity index is 1.45. The van der Waals surface area contributed by atoms with E-state index in [4.69, 9.17) is 4.74 Å². The number of pyridine rings is 1.